The van der Waals surface area contributed by atoms with Crippen molar-refractivity contribution in [3.8, 4) is 5.75 Å². The highest BCUT2D eigenvalue weighted by molar-refractivity contribution is 6.17. The number of rotatable bonds is 5. The van der Waals surface area contributed by atoms with Crippen LogP contribution in [0.25, 0.3) is 0 Å². The topological polar surface area (TPSA) is 27.1 Å². The molecular formula is C14H16ClFN2O. The van der Waals surface area contributed by atoms with Crippen LogP contribution in [0.2, 0.25) is 0 Å². The van der Waals surface area contributed by atoms with Gasteiger partial charge in [0.1, 0.15) is 18.2 Å². The number of nitrogens with zero attached hydrogens (tertiary/aromatic N) is 2. The smallest absolute Gasteiger partial charge is 0.132 e. The molecule has 0 aliphatic heterocycles. The van der Waals surface area contributed by atoms with E-state index >= 15 is 0 Å². The van der Waals surface area contributed by atoms with E-state index in [2.05, 4.69) is 18.9 Å². The summed E-state index contributed by atoms with van der Waals surface area (Å²) < 4.78 is 20.6. The van der Waals surface area contributed by atoms with Crippen molar-refractivity contribution in [3.05, 3.63) is 47.5 Å². The van der Waals surface area contributed by atoms with Crippen LogP contribution in [0.3, 0.4) is 0 Å². The Bertz CT molecular complexity index is 554. The number of hydrogen-bond acceptors (Lipinski definition) is 2. The predicted octanol–water partition coefficient (Wildman–Crippen LogP) is 3.92. The summed E-state index contributed by atoms with van der Waals surface area (Å²) in [4.78, 5) is 0. The van der Waals surface area contributed by atoms with E-state index in [4.69, 9.17) is 16.3 Å². The molecule has 2 aromatic rings. The molecule has 2 rings (SSSR count). The van der Waals surface area contributed by atoms with Crippen LogP contribution in [-0.4, -0.2) is 9.78 Å². The summed E-state index contributed by atoms with van der Waals surface area (Å²) in [5, 5.41) is 4.38. The van der Waals surface area contributed by atoms with Crippen LogP contribution in [-0.2, 0) is 12.5 Å². The van der Waals surface area contributed by atoms with Gasteiger partial charge in [0, 0.05) is 17.8 Å². The first kappa shape index (κ1) is 13.9. The fourth-order valence-corrected chi connectivity index (χ4v) is 1.90. The van der Waals surface area contributed by atoms with E-state index < -0.39 is 0 Å². The van der Waals surface area contributed by atoms with Crippen LogP contribution in [0.5, 0.6) is 5.75 Å². The van der Waals surface area contributed by atoms with Crippen molar-refractivity contribution in [3.63, 3.8) is 0 Å². The monoisotopic (exact) mass is 282 g/mol. The Morgan fingerprint density at radius 2 is 2.16 bits per heavy atom. The average molecular weight is 283 g/mol. The van der Waals surface area contributed by atoms with Gasteiger partial charge in [-0.25, -0.2) is 4.39 Å². The van der Waals surface area contributed by atoms with E-state index in [-0.39, 0.29) is 11.7 Å². The van der Waals surface area contributed by atoms with E-state index in [9.17, 15) is 4.39 Å². The van der Waals surface area contributed by atoms with Crippen LogP contribution < -0.4 is 4.74 Å². The van der Waals surface area contributed by atoms with Gasteiger partial charge in [0.2, 0.25) is 0 Å². The molecule has 102 valence electrons. The zero-order valence-corrected chi connectivity index (χ0v) is 11.7. The molecule has 0 unspecified atom stereocenters. The Kier molecular flexibility index (Phi) is 4.43. The summed E-state index contributed by atoms with van der Waals surface area (Å²) in [7, 11) is 0. The Morgan fingerprint density at radius 3 is 2.79 bits per heavy atom. The van der Waals surface area contributed by atoms with Gasteiger partial charge in [0.05, 0.1) is 11.6 Å². The van der Waals surface area contributed by atoms with Gasteiger partial charge >= 0.3 is 0 Å². The molecule has 0 radical (unpaired) electrons. The first-order valence-corrected chi connectivity index (χ1v) is 6.65. The molecule has 0 amide bonds. The predicted molar refractivity (Wildman–Crippen MR) is 72.9 cm³/mol. The largest absolute Gasteiger partial charge is 0.487 e. The van der Waals surface area contributed by atoms with Crippen molar-refractivity contribution in [1.82, 2.24) is 9.78 Å². The van der Waals surface area contributed by atoms with Gasteiger partial charge in [-0.1, -0.05) is 0 Å². The molecule has 0 aliphatic rings. The molecule has 1 heterocycles. The second kappa shape index (κ2) is 6.06. The molecule has 0 fully saturated rings. The van der Waals surface area contributed by atoms with Gasteiger partial charge in [0.25, 0.3) is 0 Å². The minimum Gasteiger partial charge on any atom is -0.487 e. The van der Waals surface area contributed by atoms with Crippen molar-refractivity contribution in [2.45, 2.75) is 32.4 Å². The Labute approximate surface area is 117 Å². The van der Waals surface area contributed by atoms with Gasteiger partial charge in [0.15, 0.2) is 0 Å². The normalized spacial score (nSPS) is 11.0. The summed E-state index contributed by atoms with van der Waals surface area (Å²) >= 11 is 5.77. The zero-order valence-electron chi connectivity index (χ0n) is 10.9. The minimum absolute atomic E-state index is 0.216. The molecule has 0 atom stereocenters. The second-order valence-electron chi connectivity index (χ2n) is 4.56. The molecule has 1 aromatic heterocycles. The summed E-state index contributed by atoms with van der Waals surface area (Å²) in [6.45, 7) is 4.46. The Hall–Kier alpha value is -1.55. The highest BCUT2D eigenvalue weighted by Gasteiger charge is 2.07. The fraction of sp³-hybridized carbons (Fsp3) is 0.357. The molecule has 0 spiro atoms. The summed E-state index contributed by atoms with van der Waals surface area (Å²) in [5.41, 5.74) is 1.48. The van der Waals surface area contributed by atoms with E-state index in [1.807, 2.05) is 16.9 Å². The number of hydrogen-bond donors (Lipinski definition) is 0. The molecule has 0 aliphatic carbocycles. The van der Waals surface area contributed by atoms with Crippen LogP contribution in [0.15, 0.2) is 30.5 Å². The maximum Gasteiger partial charge on any atom is 0.132 e. The SMILES string of the molecule is CC(C)n1ccc(COc2ccc(F)cc2CCl)n1. The van der Waals surface area contributed by atoms with Gasteiger partial charge in [-0.05, 0) is 38.1 Å². The lowest BCUT2D eigenvalue weighted by atomic mass is 10.2. The van der Waals surface area contributed by atoms with Gasteiger partial charge in [-0.2, -0.15) is 5.10 Å². The minimum atomic E-state index is -0.313. The maximum atomic E-state index is 13.1. The van der Waals surface area contributed by atoms with Crippen molar-refractivity contribution in [1.29, 1.82) is 0 Å². The van der Waals surface area contributed by atoms with Crippen LogP contribution in [0, 0.1) is 5.82 Å². The molecule has 1 aromatic carbocycles. The number of benzene rings is 1. The van der Waals surface area contributed by atoms with Crippen molar-refractivity contribution >= 4 is 11.6 Å². The van der Waals surface area contributed by atoms with Gasteiger partial charge in [-0.3, -0.25) is 4.68 Å². The summed E-state index contributed by atoms with van der Waals surface area (Å²) in [6.07, 6.45) is 1.91. The lowest BCUT2D eigenvalue weighted by Crippen LogP contribution is -2.04. The van der Waals surface area contributed by atoms with Crippen LogP contribution >= 0.6 is 11.6 Å². The van der Waals surface area contributed by atoms with Crippen LogP contribution in [0.4, 0.5) is 4.39 Å². The fourth-order valence-electron chi connectivity index (χ4n) is 1.69. The molecule has 0 saturated heterocycles. The molecule has 0 saturated carbocycles. The number of halogens is 2. The number of aromatic nitrogens is 2. The quantitative estimate of drug-likeness (QED) is 0.777. The Balaban J connectivity index is 2.05. The van der Waals surface area contributed by atoms with Crippen molar-refractivity contribution in [2.24, 2.45) is 0 Å². The third-order valence-corrected chi connectivity index (χ3v) is 3.02. The zero-order chi connectivity index (χ0) is 13.8. The molecule has 3 nitrogen and oxygen atoms in total. The van der Waals surface area contributed by atoms with Gasteiger partial charge in [-0.15, -0.1) is 11.6 Å². The van der Waals surface area contributed by atoms with E-state index in [0.29, 0.717) is 24.0 Å². The highest BCUT2D eigenvalue weighted by Crippen LogP contribution is 2.22. The van der Waals surface area contributed by atoms with Crippen molar-refractivity contribution < 1.29 is 9.13 Å². The van der Waals surface area contributed by atoms with E-state index in [0.717, 1.165) is 5.69 Å². The first-order valence-electron chi connectivity index (χ1n) is 6.11. The molecule has 5 heteroatoms. The van der Waals surface area contributed by atoms with E-state index in [1.54, 1.807) is 6.07 Å². The number of alkyl halides is 1. The molecule has 19 heavy (non-hydrogen) atoms. The highest BCUT2D eigenvalue weighted by atomic mass is 35.5. The summed E-state index contributed by atoms with van der Waals surface area (Å²) in [5.74, 6) is 0.496. The number of ether oxygens (including phenoxy) is 1. The second-order valence-corrected chi connectivity index (χ2v) is 4.82. The molecule has 0 N–H and O–H groups in total. The third-order valence-electron chi connectivity index (χ3n) is 2.73. The van der Waals surface area contributed by atoms with Gasteiger partial charge < -0.3 is 4.74 Å². The van der Waals surface area contributed by atoms with Crippen molar-refractivity contribution in [2.75, 3.05) is 0 Å². The van der Waals surface area contributed by atoms with E-state index in [1.165, 1.54) is 12.1 Å². The first-order chi connectivity index (χ1) is 9.10. The lowest BCUT2D eigenvalue weighted by Gasteiger charge is -2.09. The average Bonchev–Trinajstić information content (AvgIpc) is 2.86. The summed E-state index contributed by atoms with van der Waals surface area (Å²) in [6, 6.07) is 6.56. The maximum absolute atomic E-state index is 13.1. The standard InChI is InChI=1S/C14H16ClFN2O/c1-10(2)18-6-5-13(17-18)9-19-14-4-3-12(16)7-11(14)8-15/h3-7,10H,8-9H2,1-2H3. The third kappa shape index (κ3) is 3.47. The Morgan fingerprint density at radius 1 is 1.37 bits per heavy atom. The molecule has 0 bridgehead atoms. The molecular weight excluding hydrogens is 267 g/mol. The van der Waals surface area contributed by atoms with Crippen LogP contribution in [0.1, 0.15) is 31.1 Å². The lowest BCUT2D eigenvalue weighted by molar-refractivity contribution is 0.296.